The minimum absolute atomic E-state index is 0.134. The number of ether oxygens (including phenoxy) is 1. The Hall–Kier alpha value is -2.23. The van der Waals surface area contributed by atoms with Crippen LogP contribution in [0, 0.1) is 13.8 Å². The van der Waals surface area contributed by atoms with Crippen LogP contribution in [0.4, 0.5) is 0 Å². The molecule has 0 aliphatic rings. The number of carboxylic acid groups (broad SMARTS) is 1. The van der Waals surface area contributed by atoms with E-state index in [0.29, 0.717) is 5.75 Å². The van der Waals surface area contributed by atoms with E-state index in [0.717, 1.165) is 11.1 Å². The van der Waals surface area contributed by atoms with E-state index in [1.165, 1.54) is 12.1 Å². The van der Waals surface area contributed by atoms with Crippen molar-refractivity contribution in [3.63, 3.8) is 0 Å². The predicted molar refractivity (Wildman–Crippen MR) is 61.7 cm³/mol. The van der Waals surface area contributed by atoms with Crippen LogP contribution in [0.1, 0.15) is 21.7 Å². The lowest BCUT2D eigenvalue weighted by Crippen LogP contribution is -1.92. The van der Waals surface area contributed by atoms with Crippen LogP contribution < -0.4 is 4.74 Å². The Kier molecular flexibility index (Phi) is 2.87. The number of hydrogen-bond donors (Lipinski definition) is 1. The lowest BCUT2D eigenvalue weighted by Gasteiger charge is -2.07. The van der Waals surface area contributed by atoms with E-state index in [-0.39, 0.29) is 11.7 Å². The van der Waals surface area contributed by atoms with Crippen molar-refractivity contribution in [2.45, 2.75) is 13.8 Å². The third kappa shape index (κ3) is 2.30. The SMILES string of the molecule is Cc1cccc(Oc2ccc(C(=O)O)o2)c1C. The van der Waals surface area contributed by atoms with Gasteiger partial charge >= 0.3 is 5.97 Å². The molecule has 2 aromatic rings. The van der Waals surface area contributed by atoms with Gasteiger partial charge in [0, 0.05) is 6.07 Å². The van der Waals surface area contributed by atoms with Gasteiger partial charge < -0.3 is 14.3 Å². The monoisotopic (exact) mass is 232 g/mol. The van der Waals surface area contributed by atoms with Gasteiger partial charge in [0.1, 0.15) is 5.75 Å². The molecule has 2 rings (SSSR count). The van der Waals surface area contributed by atoms with Gasteiger partial charge in [-0.25, -0.2) is 4.79 Å². The Morgan fingerprint density at radius 3 is 2.65 bits per heavy atom. The van der Waals surface area contributed by atoms with Gasteiger partial charge in [-0.15, -0.1) is 0 Å². The van der Waals surface area contributed by atoms with Crippen molar-refractivity contribution in [1.82, 2.24) is 0 Å². The van der Waals surface area contributed by atoms with Gasteiger partial charge in [0.15, 0.2) is 0 Å². The highest BCUT2D eigenvalue weighted by Gasteiger charge is 2.11. The molecular formula is C13H12O4. The molecule has 1 N–H and O–H groups in total. The molecule has 0 fully saturated rings. The number of hydrogen-bond acceptors (Lipinski definition) is 3. The Balaban J connectivity index is 2.25. The number of rotatable bonds is 3. The summed E-state index contributed by atoms with van der Waals surface area (Å²) >= 11 is 0. The van der Waals surface area contributed by atoms with Gasteiger partial charge in [-0.05, 0) is 37.1 Å². The quantitative estimate of drug-likeness (QED) is 0.881. The molecule has 0 radical (unpaired) electrons. The summed E-state index contributed by atoms with van der Waals surface area (Å²) in [6.45, 7) is 3.92. The molecule has 1 aromatic carbocycles. The van der Waals surface area contributed by atoms with E-state index in [1.54, 1.807) is 0 Å². The lowest BCUT2D eigenvalue weighted by molar-refractivity contribution is 0.0657. The van der Waals surface area contributed by atoms with E-state index in [1.807, 2.05) is 32.0 Å². The number of benzene rings is 1. The van der Waals surface area contributed by atoms with Gasteiger partial charge in [0.2, 0.25) is 5.76 Å². The summed E-state index contributed by atoms with van der Waals surface area (Å²) in [7, 11) is 0. The maximum absolute atomic E-state index is 10.6. The topological polar surface area (TPSA) is 59.7 Å². The van der Waals surface area contributed by atoms with Crippen molar-refractivity contribution in [1.29, 1.82) is 0 Å². The van der Waals surface area contributed by atoms with Crippen LogP contribution in [0.25, 0.3) is 0 Å². The van der Waals surface area contributed by atoms with E-state index >= 15 is 0 Å². The van der Waals surface area contributed by atoms with Gasteiger partial charge in [0.05, 0.1) is 0 Å². The zero-order valence-electron chi connectivity index (χ0n) is 9.56. The summed E-state index contributed by atoms with van der Waals surface area (Å²) in [6.07, 6.45) is 0. The molecule has 0 spiro atoms. The van der Waals surface area contributed by atoms with Crippen LogP contribution in [-0.4, -0.2) is 11.1 Å². The zero-order chi connectivity index (χ0) is 12.4. The minimum atomic E-state index is -1.11. The number of carbonyl (C=O) groups is 1. The predicted octanol–water partition coefficient (Wildman–Crippen LogP) is 3.39. The first-order valence-electron chi connectivity index (χ1n) is 5.15. The third-order valence-electron chi connectivity index (χ3n) is 2.56. The van der Waals surface area contributed by atoms with Crippen molar-refractivity contribution in [3.8, 4) is 11.7 Å². The van der Waals surface area contributed by atoms with E-state index < -0.39 is 5.97 Å². The van der Waals surface area contributed by atoms with E-state index in [4.69, 9.17) is 14.3 Å². The molecule has 0 amide bonds. The van der Waals surface area contributed by atoms with E-state index in [2.05, 4.69) is 0 Å². The second-order valence-electron chi connectivity index (χ2n) is 3.72. The zero-order valence-corrected chi connectivity index (χ0v) is 9.56. The molecule has 1 heterocycles. The number of furan rings is 1. The molecule has 0 unspecified atom stereocenters. The summed E-state index contributed by atoms with van der Waals surface area (Å²) in [5.41, 5.74) is 2.10. The van der Waals surface area contributed by atoms with Crippen molar-refractivity contribution in [3.05, 3.63) is 47.2 Å². The molecule has 0 bridgehead atoms. The van der Waals surface area contributed by atoms with E-state index in [9.17, 15) is 4.79 Å². The van der Waals surface area contributed by atoms with Crippen LogP contribution in [0.15, 0.2) is 34.7 Å². The molecular weight excluding hydrogens is 220 g/mol. The molecule has 0 aliphatic carbocycles. The molecule has 0 atom stereocenters. The van der Waals surface area contributed by atoms with Crippen LogP contribution in [0.3, 0.4) is 0 Å². The highest BCUT2D eigenvalue weighted by Crippen LogP contribution is 2.28. The first-order chi connectivity index (χ1) is 8.08. The molecule has 0 aliphatic heterocycles. The van der Waals surface area contributed by atoms with Crippen LogP contribution in [0.2, 0.25) is 0 Å². The smallest absolute Gasteiger partial charge is 0.371 e. The second kappa shape index (κ2) is 4.33. The van der Waals surface area contributed by atoms with Crippen molar-refractivity contribution in [2.75, 3.05) is 0 Å². The average Bonchev–Trinajstić information content (AvgIpc) is 2.73. The number of aromatic carboxylic acids is 1. The Bertz CT molecular complexity index is 554. The maximum Gasteiger partial charge on any atom is 0.371 e. The van der Waals surface area contributed by atoms with Gasteiger partial charge in [0.25, 0.3) is 5.95 Å². The number of aryl methyl sites for hydroxylation is 1. The molecule has 0 saturated carbocycles. The highest BCUT2D eigenvalue weighted by molar-refractivity contribution is 5.84. The fourth-order valence-electron chi connectivity index (χ4n) is 1.43. The average molecular weight is 232 g/mol. The Morgan fingerprint density at radius 2 is 2.00 bits per heavy atom. The molecule has 1 aromatic heterocycles. The lowest BCUT2D eigenvalue weighted by atomic mass is 10.1. The fourth-order valence-corrected chi connectivity index (χ4v) is 1.43. The van der Waals surface area contributed by atoms with Crippen LogP contribution in [0.5, 0.6) is 11.7 Å². The van der Waals surface area contributed by atoms with Gasteiger partial charge in [-0.3, -0.25) is 0 Å². The largest absolute Gasteiger partial charge is 0.475 e. The van der Waals surface area contributed by atoms with Crippen molar-refractivity contribution in [2.24, 2.45) is 0 Å². The summed E-state index contributed by atoms with van der Waals surface area (Å²) in [5, 5.41) is 8.71. The molecule has 88 valence electrons. The Labute approximate surface area is 98.4 Å². The second-order valence-corrected chi connectivity index (χ2v) is 3.72. The first kappa shape index (κ1) is 11.3. The van der Waals surface area contributed by atoms with Crippen LogP contribution >= 0.6 is 0 Å². The van der Waals surface area contributed by atoms with Crippen molar-refractivity contribution >= 4 is 5.97 Å². The third-order valence-corrected chi connectivity index (χ3v) is 2.56. The van der Waals surface area contributed by atoms with Gasteiger partial charge in [-0.2, -0.15) is 0 Å². The minimum Gasteiger partial charge on any atom is -0.475 e. The maximum atomic E-state index is 10.6. The summed E-state index contributed by atoms with van der Waals surface area (Å²) < 4.78 is 10.5. The summed E-state index contributed by atoms with van der Waals surface area (Å²) in [5.74, 6) is -0.404. The highest BCUT2D eigenvalue weighted by atomic mass is 16.6. The van der Waals surface area contributed by atoms with Crippen molar-refractivity contribution < 1.29 is 19.1 Å². The fraction of sp³-hybridized carbons (Fsp3) is 0.154. The van der Waals surface area contributed by atoms with Gasteiger partial charge in [-0.1, -0.05) is 12.1 Å². The number of carboxylic acids is 1. The first-order valence-corrected chi connectivity index (χ1v) is 5.15. The molecule has 4 heteroatoms. The molecule has 0 saturated heterocycles. The standard InChI is InChI=1S/C13H12O4/c1-8-4-3-5-10(9(8)2)16-12-7-6-11(17-12)13(14)15/h3-7H,1-2H3,(H,14,15). The summed E-state index contributed by atoms with van der Waals surface area (Å²) in [4.78, 5) is 10.6. The Morgan fingerprint density at radius 1 is 1.24 bits per heavy atom. The molecule has 4 nitrogen and oxygen atoms in total. The summed E-state index contributed by atoms with van der Waals surface area (Å²) in [6, 6.07) is 8.52. The normalized spacial score (nSPS) is 10.2. The van der Waals surface area contributed by atoms with Crippen LogP contribution in [-0.2, 0) is 0 Å². The molecule has 17 heavy (non-hydrogen) atoms.